The number of aliphatic imine (C=N–C) groups is 1. The van der Waals surface area contributed by atoms with Gasteiger partial charge in [0.2, 0.25) is 0 Å². The molecule has 2 N–H and O–H groups in total. The van der Waals surface area contributed by atoms with E-state index in [4.69, 9.17) is 9.47 Å². The average molecular weight is 485 g/mol. The van der Waals surface area contributed by atoms with E-state index in [9.17, 15) is 4.39 Å². The van der Waals surface area contributed by atoms with E-state index in [-0.39, 0.29) is 36.6 Å². The summed E-state index contributed by atoms with van der Waals surface area (Å²) in [5.74, 6) is 1.18. The zero-order chi connectivity index (χ0) is 18.4. The van der Waals surface area contributed by atoms with Crippen molar-refractivity contribution in [1.82, 2.24) is 10.6 Å². The Morgan fingerprint density at radius 1 is 1.22 bits per heavy atom. The second-order valence-electron chi connectivity index (χ2n) is 6.26. The Kier molecular flexibility index (Phi) is 8.30. The number of halogens is 2. The van der Waals surface area contributed by atoms with Crippen molar-refractivity contribution >= 4 is 29.9 Å². The third kappa shape index (κ3) is 6.07. The molecule has 27 heavy (non-hydrogen) atoms. The van der Waals surface area contributed by atoms with Crippen LogP contribution in [0.15, 0.2) is 41.4 Å². The van der Waals surface area contributed by atoms with Crippen LogP contribution >= 0.6 is 24.0 Å². The number of fused-ring (bicyclic) bond motifs is 1. The molecule has 0 aromatic heterocycles. The van der Waals surface area contributed by atoms with Crippen molar-refractivity contribution in [2.75, 3.05) is 20.4 Å². The molecule has 1 aliphatic rings. The molecule has 0 saturated heterocycles. The molecule has 3 rings (SSSR count). The van der Waals surface area contributed by atoms with Crippen LogP contribution in [0.2, 0.25) is 0 Å². The van der Waals surface area contributed by atoms with Crippen molar-refractivity contribution in [2.24, 2.45) is 4.99 Å². The van der Waals surface area contributed by atoms with Crippen LogP contribution in [0, 0.1) is 12.7 Å². The quantitative estimate of drug-likeness (QED) is 0.387. The van der Waals surface area contributed by atoms with Gasteiger partial charge in [0.15, 0.2) is 12.8 Å². The van der Waals surface area contributed by atoms with Gasteiger partial charge in [0.1, 0.15) is 11.6 Å². The van der Waals surface area contributed by atoms with E-state index in [2.05, 4.69) is 40.7 Å². The summed E-state index contributed by atoms with van der Waals surface area (Å²) in [6, 6.07) is 11.3. The van der Waals surface area contributed by atoms with Crippen molar-refractivity contribution in [3.05, 3.63) is 64.5 Å². The Hall–Kier alpha value is -1.87. The minimum Gasteiger partial charge on any atom is -0.467 e. The zero-order valence-electron chi connectivity index (χ0n) is 15.5. The SMILES string of the molecule is CN=C(NCCc1cc(F)cc2c1OCOC2)NCc1cccc(C)c1.I. The van der Waals surface area contributed by atoms with E-state index < -0.39 is 0 Å². The standard InChI is InChI=1S/C20H24FN3O2.HI/c1-14-4-3-5-15(8-14)11-24-20(22-2)23-7-6-16-9-18(21)10-17-12-25-13-26-19(16)17;/h3-5,8-10H,6-7,11-13H2,1-2H3,(H2,22,23,24);1H. The lowest BCUT2D eigenvalue weighted by molar-refractivity contribution is -0.0172. The Morgan fingerprint density at radius 3 is 2.85 bits per heavy atom. The van der Waals surface area contributed by atoms with Crippen molar-refractivity contribution in [2.45, 2.75) is 26.5 Å². The maximum absolute atomic E-state index is 13.8. The molecule has 0 amide bonds. The number of aryl methyl sites for hydroxylation is 1. The van der Waals surface area contributed by atoms with Gasteiger partial charge in [-0.05, 0) is 36.6 Å². The molecular weight excluding hydrogens is 460 g/mol. The van der Waals surface area contributed by atoms with Gasteiger partial charge in [-0.1, -0.05) is 29.8 Å². The van der Waals surface area contributed by atoms with Crippen molar-refractivity contribution in [3.63, 3.8) is 0 Å². The summed E-state index contributed by atoms with van der Waals surface area (Å²) in [6.45, 7) is 3.97. The third-order valence-electron chi connectivity index (χ3n) is 4.20. The number of nitrogens with zero attached hydrogens (tertiary/aromatic N) is 1. The van der Waals surface area contributed by atoms with E-state index in [1.165, 1.54) is 23.3 Å². The highest BCUT2D eigenvalue weighted by Gasteiger charge is 2.16. The topological polar surface area (TPSA) is 54.9 Å². The van der Waals surface area contributed by atoms with Crippen molar-refractivity contribution in [1.29, 1.82) is 0 Å². The molecule has 2 aromatic carbocycles. The minimum absolute atomic E-state index is 0. The number of hydrogen-bond donors (Lipinski definition) is 2. The number of benzene rings is 2. The van der Waals surface area contributed by atoms with E-state index in [1.807, 2.05) is 6.07 Å². The Labute approximate surface area is 176 Å². The van der Waals surface area contributed by atoms with Gasteiger partial charge >= 0.3 is 0 Å². The fourth-order valence-electron chi connectivity index (χ4n) is 2.99. The van der Waals surface area contributed by atoms with Gasteiger partial charge in [-0.15, -0.1) is 24.0 Å². The molecule has 0 unspecified atom stereocenters. The van der Waals surface area contributed by atoms with Crippen LogP contribution in [-0.2, 0) is 24.3 Å². The summed E-state index contributed by atoms with van der Waals surface area (Å²) in [7, 11) is 1.73. The van der Waals surface area contributed by atoms with Crippen LogP contribution in [0.1, 0.15) is 22.3 Å². The highest BCUT2D eigenvalue weighted by atomic mass is 127. The number of guanidine groups is 1. The number of nitrogens with one attached hydrogen (secondary N) is 2. The van der Waals surface area contributed by atoms with Gasteiger partial charge in [-0.25, -0.2) is 4.39 Å². The maximum Gasteiger partial charge on any atom is 0.191 e. The second kappa shape index (κ2) is 10.5. The molecule has 0 bridgehead atoms. The summed E-state index contributed by atoms with van der Waals surface area (Å²) in [6.07, 6.45) is 0.630. The van der Waals surface area contributed by atoms with Crippen LogP contribution < -0.4 is 15.4 Å². The summed E-state index contributed by atoms with van der Waals surface area (Å²) < 4.78 is 24.5. The van der Waals surface area contributed by atoms with Gasteiger partial charge < -0.3 is 20.1 Å². The molecule has 0 spiro atoms. The largest absolute Gasteiger partial charge is 0.467 e. The first-order chi connectivity index (χ1) is 12.7. The van der Waals surface area contributed by atoms with Crippen LogP contribution in [0.4, 0.5) is 4.39 Å². The zero-order valence-corrected chi connectivity index (χ0v) is 17.9. The molecule has 1 aliphatic heterocycles. The first-order valence-electron chi connectivity index (χ1n) is 8.67. The Balaban J connectivity index is 0.00000261. The summed E-state index contributed by atoms with van der Waals surface area (Å²) >= 11 is 0. The van der Waals surface area contributed by atoms with E-state index in [1.54, 1.807) is 7.05 Å². The molecule has 7 heteroatoms. The van der Waals surface area contributed by atoms with E-state index in [0.29, 0.717) is 32.1 Å². The predicted molar refractivity (Wildman–Crippen MR) is 115 cm³/mol. The molecular formula is C20H25FIN3O2. The first kappa shape index (κ1) is 21.4. The van der Waals surface area contributed by atoms with Gasteiger partial charge in [-0.2, -0.15) is 0 Å². The van der Waals surface area contributed by atoms with Crippen LogP contribution in [0.5, 0.6) is 5.75 Å². The highest BCUT2D eigenvalue weighted by molar-refractivity contribution is 14.0. The van der Waals surface area contributed by atoms with Gasteiger partial charge in [-0.3, -0.25) is 4.99 Å². The number of rotatable bonds is 5. The lowest BCUT2D eigenvalue weighted by atomic mass is 10.1. The van der Waals surface area contributed by atoms with Gasteiger partial charge in [0.25, 0.3) is 0 Å². The third-order valence-corrected chi connectivity index (χ3v) is 4.20. The lowest BCUT2D eigenvalue weighted by Crippen LogP contribution is -2.38. The minimum atomic E-state index is -0.269. The molecule has 0 atom stereocenters. The van der Waals surface area contributed by atoms with E-state index in [0.717, 1.165) is 16.9 Å². The summed E-state index contributed by atoms with van der Waals surface area (Å²) in [5.41, 5.74) is 4.02. The maximum atomic E-state index is 13.8. The fraction of sp³-hybridized carbons (Fsp3) is 0.350. The normalized spacial score (nSPS) is 13.2. The number of hydrogen-bond acceptors (Lipinski definition) is 3. The van der Waals surface area contributed by atoms with Gasteiger partial charge in [0, 0.05) is 25.7 Å². The smallest absolute Gasteiger partial charge is 0.191 e. The van der Waals surface area contributed by atoms with Crippen molar-refractivity contribution in [3.8, 4) is 5.75 Å². The molecule has 146 valence electrons. The lowest BCUT2D eigenvalue weighted by Gasteiger charge is -2.21. The molecule has 0 saturated carbocycles. The molecule has 0 aliphatic carbocycles. The predicted octanol–water partition coefficient (Wildman–Crippen LogP) is 3.53. The average Bonchev–Trinajstić information content (AvgIpc) is 2.64. The molecule has 1 heterocycles. The summed E-state index contributed by atoms with van der Waals surface area (Å²) in [5, 5.41) is 6.55. The van der Waals surface area contributed by atoms with Crippen molar-refractivity contribution < 1.29 is 13.9 Å². The van der Waals surface area contributed by atoms with Gasteiger partial charge in [0.05, 0.1) is 6.61 Å². The van der Waals surface area contributed by atoms with E-state index >= 15 is 0 Å². The first-order valence-corrected chi connectivity index (χ1v) is 8.67. The van der Waals surface area contributed by atoms with Crippen LogP contribution in [0.25, 0.3) is 0 Å². The summed E-state index contributed by atoms with van der Waals surface area (Å²) in [4.78, 5) is 4.23. The highest BCUT2D eigenvalue weighted by Crippen LogP contribution is 2.29. The molecule has 5 nitrogen and oxygen atoms in total. The Morgan fingerprint density at radius 2 is 2.07 bits per heavy atom. The molecule has 0 fully saturated rings. The molecule has 2 aromatic rings. The Bertz CT molecular complexity index is 799. The number of ether oxygens (including phenoxy) is 2. The van der Waals surface area contributed by atoms with Crippen LogP contribution in [0.3, 0.4) is 0 Å². The second-order valence-corrected chi connectivity index (χ2v) is 6.26. The fourth-order valence-corrected chi connectivity index (χ4v) is 2.99. The van der Waals surface area contributed by atoms with Crippen LogP contribution in [-0.4, -0.2) is 26.3 Å². The monoisotopic (exact) mass is 485 g/mol. The molecule has 0 radical (unpaired) electrons.